The van der Waals surface area contributed by atoms with Crippen LogP contribution >= 0.6 is 0 Å². The zero-order chi connectivity index (χ0) is 22.7. The predicted molar refractivity (Wildman–Crippen MR) is 125 cm³/mol. The topological polar surface area (TPSA) is 58.6 Å². The summed E-state index contributed by atoms with van der Waals surface area (Å²) in [6.45, 7) is 6.37. The van der Waals surface area contributed by atoms with Crippen molar-refractivity contribution in [2.75, 3.05) is 6.54 Å². The minimum atomic E-state index is -0.592. The van der Waals surface area contributed by atoms with Crippen LogP contribution in [0.4, 0.5) is 0 Å². The van der Waals surface area contributed by atoms with Crippen molar-refractivity contribution in [1.29, 1.82) is 0 Å². The van der Waals surface area contributed by atoms with Crippen LogP contribution in [0.25, 0.3) is 0 Å². The maximum Gasteiger partial charge on any atom is 0.260 e. The van der Waals surface area contributed by atoms with Crippen molar-refractivity contribution >= 4 is 11.8 Å². The number of rotatable bonds is 6. The van der Waals surface area contributed by atoms with Gasteiger partial charge in [0, 0.05) is 18.5 Å². The molecule has 2 aromatic carbocycles. The summed E-state index contributed by atoms with van der Waals surface area (Å²) in [5.41, 5.74) is 3.45. The molecule has 2 aliphatic rings. The summed E-state index contributed by atoms with van der Waals surface area (Å²) >= 11 is 0. The molecule has 2 unspecified atom stereocenters. The van der Waals surface area contributed by atoms with E-state index >= 15 is 0 Å². The van der Waals surface area contributed by atoms with Gasteiger partial charge in [-0.1, -0.05) is 49.2 Å². The summed E-state index contributed by atoms with van der Waals surface area (Å²) in [6.07, 6.45) is 4.52. The molecule has 1 aliphatic carbocycles. The number of carbonyl (C=O) groups is 2. The quantitative estimate of drug-likeness (QED) is 0.720. The van der Waals surface area contributed by atoms with Gasteiger partial charge in [-0.3, -0.25) is 9.59 Å². The molecule has 1 fully saturated rings. The standard InChI is InChI=1S/C27H34N2O3/c1-18(2)28-26(30)19(3)32-23-14-13-20-15-16-29(27(31)22-11-7-8-12-22)25(24(20)17-23)21-9-5-4-6-10-21/h4-6,9-10,13-14,17-19,22,25H,7-8,11-12,15-16H2,1-3H3,(H,28,30). The number of hydrogen-bond acceptors (Lipinski definition) is 3. The Balaban J connectivity index is 1.65. The van der Waals surface area contributed by atoms with E-state index in [4.69, 9.17) is 4.74 Å². The van der Waals surface area contributed by atoms with Crippen molar-refractivity contribution in [2.24, 2.45) is 5.92 Å². The van der Waals surface area contributed by atoms with Gasteiger partial charge >= 0.3 is 0 Å². The molecule has 0 saturated heterocycles. The van der Waals surface area contributed by atoms with E-state index in [-0.39, 0.29) is 29.8 Å². The highest BCUT2D eigenvalue weighted by Gasteiger charge is 2.36. The molecular formula is C27H34N2O3. The van der Waals surface area contributed by atoms with Crippen LogP contribution in [0.5, 0.6) is 5.75 Å². The Hall–Kier alpha value is -2.82. The first kappa shape index (κ1) is 22.4. The van der Waals surface area contributed by atoms with Gasteiger partial charge in [-0.05, 0) is 68.9 Å². The fourth-order valence-electron chi connectivity index (χ4n) is 4.97. The van der Waals surface area contributed by atoms with Gasteiger partial charge in [-0.15, -0.1) is 0 Å². The summed E-state index contributed by atoms with van der Waals surface area (Å²) < 4.78 is 6.01. The fraction of sp³-hybridized carbons (Fsp3) is 0.481. The highest BCUT2D eigenvalue weighted by Crippen LogP contribution is 2.39. The molecule has 0 radical (unpaired) electrons. The van der Waals surface area contributed by atoms with Gasteiger partial charge in [-0.2, -0.15) is 0 Å². The van der Waals surface area contributed by atoms with Gasteiger partial charge in [0.25, 0.3) is 5.91 Å². The van der Waals surface area contributed by atoms with Crippen molar-refractivity contribution in [3.05, 3.63) is 65.2 Å². The maximum atomic E-state index is 13.5. The van der Waals surface area contributed by atoms with E-state index in [0.29, 0.717) is 5.75 Å². The Morgan fingerprint density at radius 3 is 2.44 bits per heavy atom. The van der Waals surface area contributed by atoms with Gasteiger partial charge in [0.1, 0.15) is 5.75 Å². The fourth-order valence-corrected chi connectivity index (χ4v) is 4.97. The summed E-state index contributed by atoms with van der Waals surface area (Å²) in [4.78, 5) is 27.9. The zero-order valence-electron chi connectivity index (χ0n) is 19.3. The third kappa shape index (κ3) is 4.82. The first-order valence-electron chi connectivity index (χ1n) is 11.9. The van der Waals surface area contributed by atoms with Crippen molar-refractivity contribution in [1.82, 2.24) is 10.2 Å². The molecule has 5 nitrogen and oxygen atoms in total. The molecular weight excluding hydrogens is 400 g/mol. The van der Waals surface area contributed by atoms with Gasteiger partial charge in [0.05, 0.1) is 6.04 Å². The van der Waals surface area contributed by atoms with Gasteiger partial charge in [-0.25, -0.2) is 0 Å². The maximum absolute atomic E-state index is 13.5. The second-order valence-corrected chi connectivity index (χ2v) is 9.36. The van der Waals surface area contributed by atoms with Crippen LogP contribution in [0.15, 0.2) is 48.5 Å². The number of carbonyl (C=O) groups excluding carboxylic acids is 2. The Morgan fingerprint density at radius 2 is 1.75 bits per heavy atom. The molecule has 0 spiro atoms. The molecule has 5 heteroatoms. The molecule has 1 heterocycles. The SMILES string of the molecule is CC(C)NC(=O)C(C)Oc1ccc2c(c1)C(c1ccccc1)N(C(=O)C1CCCC1)CC2. The van der Waals surface area contributed by atoms with Crippen LogP contribution in [-0.2, 0) is 16.0 Å². The Morgan fingerprint density at radius 1 is 1.03 bits per heavy atom. The lowest BCUT2D eigenvalue weighted by molar-refractivity contribution is -0.137. The van der Waals surface area contributed by atoms with Crippen LogP contribution in [0.2, 0.25) is 0 Å². The van der Waals surface area contributed by atoms with E-state index in [1.54, 1.807) is 6.92 Å². The molecule has 0 aromatic heterocycles. The van der Waals surface area contributed by atoms with Crippen molar-refractivity contribution in [3.8, 4) is 5.75 Å². The molecule has 1 saturated carbocycles. The minimum Gasteiger partial charge on any atom is -0.481 e. The molecule has 4 rings (SSSR count). The van der Waals surface area contributed by atoms with Crippen LogP contribution in [0, 0.1) is 5.92 Å². The number of hydrogen-bond donors (Lipinski definition) is 1. The average Bonchev–Trinajstić information content (AvgIpc) is 3.33. The van der Waals surface area contributed by atoms with Crippen LogP contribution < -0.4 is 10.1 Å². The van der Waals surface area contributed by atoms with E-state index in [2.05, 4.69) is 28.4 Å². The largest absolute Gasteiger partial charge is 0.481 e. The number of fused-ring (bicyclic) bond motifs is 1. The molecule has 1 N–H and O–H groups in total. The van der Waals surface area contributed by atoms with Crippen molar-refractivity contribution < 1.29 is 14.3 Å². The second kappa shape index (κ2) is 9.76. The molecule has 32 heavy (non-hydrogen) atoms. The van der Waals surface area contributed by atoms with Gasteiger partial charge in [0.15, 0.2) is 6.10 Å². The zero-order valence-corrected chi connectivity index (χ0v) is 19.3. The molecule has 2 atom stereocenters. The Kier molecular flexibility index (Phi) is 6.83. The van der Waals surface area contributed by atoms with Crippen molar-refractivity contribution in [2.45, 2.75) is 71.1 Å². The normalized spacial score (nSPS) is 19.5. The first-order valence-corrected chi connectivity index (χ1v) is 11.9. The number of ether oxygens (including phenoxy) is 1. The molecule has 2 aromatic rings. The lowest BCUT2D eigenvalue weighted by Crippen LogP contribution is -2.43. The lowest BCUT2D eigenvalue weighted by atomic mass is 9.87. The van der Waals surface area contributed by atoms with Crippen molar-refractivity contribution in [3.63, 3.8) is 0 Å². The molecule has 170 valence electrons. The van der Waals surface area contributed by atoms with Crippen LogP contribution in [0.3, 0.4) is 0 Å². The van der Waals surface area contributed by atoms with E-state index in [9.17, 15) is 9.59 Å². The summed E-state index contributed by atoms with van der Waals surface area (Å²) in [7, 11) is 0. The Labute approximate surface area is 191 Å². The monoisotopic (exact) mass is 434 g/mol. The second-order valence-electron chi connectivity index (χ2n) is 9.36. The van der Waals surface area contributed by atoms with Gasteiger partial charge in [0.2, 0.25) is 5.91 Å². The number of benzene rings is 2. The smallest absolute Gasteiger partial charge is 0.260 e. The van der Waals surface area contributed by atoms with Gasteiger partial charge < -0.3 is 15.0 Å². The van der Waals surface area contributed by atoms with E-state index < -0.39 is 6.10 Å². The lowest BCUT2D eigenvalue weighted by Gasteiger charge is -2.39. The summed E-state index contributed by atoms with van der Waals surface area (Å²) in [5, 5.41) is 2.90. The molecule has 0 bridgehead atoms. The van der Waals surface area contributed by atoms with Crippen LogP contribution in [0.1, 0.15) is 69.2 Å². The third-order valence-corrected chi connectivity index (χ3v) is 6.56. The number of nitrogens with zero attached hydrogens (tertiary/aromatic N) is 1. The highest BCUT2D eigenvalue weighted by molar-refractivity contribution is 5.81. The van der Waals surface area contributed by atoms with E-state index in [0.717, 1.165) is 49.8 Å². The minimum absolute atomic E-state index is 0.0645. The average molecular weight is 435 g/mol. The first-order chi connectivity index (χ1) is 15.4. The molecule has 1 aliphatic heterocycles. The number of amides is 2. The van der Waals surface area contributed by atoms with E-state index in [1.165, 1.54) is 5.56 Å². The Bertz CT molecular complexity index is 951. The highest BCUT2D eigenvalue weighted by atomic mass is 16.5. The van der Waals surface area contributed by atoms with E-state index in [1.807, 2.05) is 44.2 Å². The summed E-state index contributed by atoms with van der Waals surface area (Å²) in [5.74, 6) is 0.946. The van der Waals surface area contributed by atoms with Crippen LogP contribution in [-0.4, -0.2) is 35.4 Å². The predicted octanol–water partition coefficient (Wildman–Crippen LogP) is 4.64. The molecule has 2 amide bonds. The summed E-state index contributed by atoms with van der Waals surface area (Å²) in [6, 6.07) is 16.2. The third-order valence-electron chi connectivity index (χ3n) is 6.56. The number of nitrogens with one attached hydrogen (secondary N) is 1.